The molecule has 50 heteroatoms. The number of imidazole rings is 1. The second-order valence-electron chi connectivity index (χ2n) is 33.8. The number of unbranched alkanes of at least 4 members (excludes halogenated alkanes) is 2. The summed E-state index contributed by atoms with van der Waals surface area (Å²) in [5.41, 5.74) is 28.2. The van der Waals surface area contributed by atoms with Gasteiger partial charge in [0.05, 0.1) is 63.3 Å². The summed E-state index contributed by atoms with van der Waals surface area (Å²) in [5.74, 6) is -21.6. The number of primary amides is 2. The Morgan fingerprint density at radius 1 is 0.321 bits per heavy atom. The number of aromatic amines is 1. The first kappa shape index (κ1) is 116. The summed E-state index contributed by atoms with van der Waals surface area (Å²) in [6.45, 7) is 22.7. The molecule has 0 spiro atoms. The highest BCUT2D eigenvalue weighted by Crippen LogP contribution is 2.14. The van der Waals surface area contributed by atoms with Crippen molar-refractivity contribution >= 4 is 130 Å². The number of H-pyrrole nitrogens is 1. The van der Waals surface area contributed by atoms with E-state index in [9.17, 15) is 111 Å². The van der Waals surface area contributed by atoms with Crippen LogP contribution in [0.1, 0.15) is 181 Å². The van der Waals surface area contributed by atoms with E-state index in [1.807, 2.05) is 0 Å². The van der Waals surface area contributed by atoms with E-state index in [0.717, 1.165) is 0 Å². The molecule has 1 heterocycles. The smallest absolute Gasteiger partial charge is 0.245 e. The van der Waals surface area contributed by atoms with Crippen LogP contribution < -0.4 is 135 Å². The minimum atomic E-state index is -1.76. The first-order chi connectivity index (χ1) is 61.1. The molecule has 1 aromatic heterocycles. The van der Waals surface area contributed by atoms with Crippen molar-refractivity contribution in [3.63, 3.8) is 0 Å². The summed E-state index contributed by atoms with van der Waals surface area (Å²) in [7, 11) is 0. The molecule has 0 unspecified atom stereocenters. The fourth-order valence-electron chi connectivity index (χ4n) is 12.2. The molecule has 0 aromatic carbocycles. The highest BCUT2D eigenvalue weighted by molar-refractivity contribution is 6.02. The summed E-state index contributed by atoms with van der Waals surface area (Å²) in [6.07, 6.45) is 2.04. The maximum atomic E-state index is 14.5. The van der Waals surface area contributed by atoms with Crippen molar-refractivity contribution in [3.8, 4) is 0 Å². The van der Waals surface area contributed by atoms with Crippen LogP contribution in [-0.2, 0) is 112 Å². The van der Waals surface area contributed by atoms with E-state index in [2.05, 4.69) is 116 Å². The van der Waals surface area contributed by atoms with E-state index < -0.39 is 290 Å². The molecular weight excluding hydrogens is 1720 g/mol. The minimum Gasteiger partial charge on any atom is -0.391 e. The van der Waals surface area contributed by atoms with Gasteiger partial charge in [0.25, 0.3) is 0 Å². The topological polar surface area (TPSA) is 795 Å². The third kappa shape index (κ3) is 45.5. The second kappa shape index (κ2) is 59.6. The lowest BCUT2D eigenvalue weighted by molar-refractivity contribution is -0.137. The number of nitrogens with zero attached hydrogens (tertiary/aromatic N) is 1. The van der Waals surface area contributed by atoms with Gasteiger partial charge in [-0.05, 0) is 136 Å². The van der Waals surface area contributed by atoms with E-state index in [1.165, 1.54) is 61.0 Å². The summed E-state index contributed by atoms with van der Waals surface area (Å²) in [6, 6.07) is -21.9. The average Bonchev–Trinajstić information content (AvgIpc) is 1.18. The summed E-state index contributed by atoms with van der Waals surface area (Å²) < 4.78 is 0. The number of nitrogens with one attached hydrogen (secondary N) is 21. The molecule has 0 aliphatic carbocycles. The van der Waals surface area contributed by atoms with Gasteiger partial charge in [-0.1, -0.05) is 75.7 Å². The first-order valence-electron chi connectivity index (χ1n) is 43.4. The largest absolute Gasteiger partial charge is 0.391 e. The number of nitrogens with two attached hydrogens (primary N) is 5. The molecule has 0 aliphatic rings. The normalized spacial score (nSPS) is 15.1. The van der Waals surface area contributed by atoms with Gasteiger partial charge in [0.1, 0.15) is 90.6 Å². The van der Waals surface area contributed by atoms with Gasteiger partial charge in [-0.2, -0.15) is 0 Å². The maximum absolute atomic E-state index is 14.5. The van der Waals surface area contributed by atoms with Crippen LogP contribution in [0.4, 0.5) is 0 Å². The van der Waals surface area contributed by atoms with Crippen LogP contribution in [0.3, 0.4) is 0 Å². The van der Waals surface area contributed by atoms with Crippen molar-refractivity contribution in [2.75, 3.05) is 45.8 Å². The molecule has 0 radical (unpaired) electrons. The number of aliphatic hydroxyl groups is 1. The molecule has 0 bridgehead atoms. The highest BCUT2D eigenvalue weighted by Gasteiger charge is 2.39. The molecule has 0 saturated carbocycles. The number of hydrogen-bond acceptors (Lipinski definition) is 27. The Hall–Kier alpha value is -12.6. The zero-order valence-corrected chi connectivity index (χ0v) is 77.6. The van der Waals surface area contributed by atoms with Crippen LogP contribution in [-0.4, -0.2) is 294 Å². The van der Waals surface area contributed by atoms with E-state index in [1.54, 1.807) is 69.2 Å². The van der Waals surface area contributed by atoms with Crippen LogP contribution in [0, 0.1) is 29.6 Å². The Bertz CT molecular complexity index is 4050. The lowest BCUT2D eigenvalue weighted by atomic mass is 9.99. The van der Waals surface area contributed by atoms with Crippen molar-refractivity contribution in [3.05, 3.63) is 18.2 Å². The lowest BCUT2D eigenvalue weighted by Crippen LogP contribution is -2.61. The Kier molecular flexibility index (Phi) is 52.9. The summed E-state index contributed by atoms with van der Waals surface area (Å²) in [5, 5.41) is 59.1. The van der Waals surface area contributed by atoms with Gasteiger partial charge in [0.15, 0.2) is 0 Å². The molecule has 0 aliphatic heterocycles. The Balaban J connectivity index is 2.96. The molecule has 738 valence electrons. The van der Waals surface area contributed by atoms with Crippen LogP contribution in [0.2, 0.25) is 0 Å². The zero-order valence-electron chi connectivity index (χ0n) is 77.6. The van der Waals surface area contributed by atoms with Crippen LogP contribution >= 0.6 is 0 Å². The molecule has 0 fully saturated rings. The predicted molar refractivity (Wildman–Crippen MR) is 472 cm³/mol. The molecule has 0 saturated heterocycles. The third-order valence-electron chi connectivity index (χ3n) is 19.7. The lowest BCUT2D eigenvalue weighted by Gasteiger charge is -2.29. The zero-order chi connectivity index (χ0) is 100.0. The number of carbonyl (C=O) groups excluding carboxylic acids is 22. The summed E-state index contributed by atoms with van der Waals surface area (Å²) in [4.78, 5) is 298. The van der Waals surface area contributed by atoms with E-state index in [0.29, 0.717) is 25.8 Å². The van der Waals surface area contributed by atoms with E-state index >= 15 is 0 Å². The second-order valence-corrected chi connectivity index (χ2v) is 33.8. The quantitative estimate of drug-likeness (QED) is 0.0269. The third-order valence-corrected chi connectivity index (χ3v) is 19.7. The van der Waals surface area contributed by atoms with Gasteiger partial charge < -0.3 is 145 Å². The monoisotopic (exact) mass is 1860 g/mol. The summed E-state index contributed by atoms with van der Waals surface area (Å²) >= 11 is 0. The Labute approximate surface area is 760 Å². The number of amides is 22. The van der Waals surface area contributed by atoms with Gasteiger partial charge in [-0.25, -0.2) is 4.98 Å². The van der Waals surface area contributed by atoms with Crippen LogP contribution in [0.25, 0.3) is 0 Å². The van der Waals surface area contributed by atoms with E-state index in [4.69, 9.17) is 28.7 Å². The van der Waals surface area contributed by atoms with Gasteiger partial charge in [-0.3, -0.25) is 105 Å². The number of hydrogen-bond donors (Lipinski definition) is 27. The molecule has 1 aromatic rings. The van der Waals surface area contributed by atoms with Crippen LogP contribution in [0.15, 0.2) is 12.5 Å². The predicted octanol–water partition coefficient (Wildman–Crippen LogP) is -10.7. The first-order valence-corrected chi connectivity index (χ1v) is 43.4. The average molecular weight is 1860 g/mol. The van der Waals surface area contributed by atoms with Crippen molar-refractivity contribution in [2.45, 2.75) is 285 Å². The maximum Gasteiger partial charge on any atom is 0.245 e. The fourth-order valence-corrected chi connectivity index (χ4v) is 12.2. The van der Waals surface area contributed by atoms with Crippen molar-refractivity contribution in [1.82, 2.24) is 116 Å². The van der Waals surface area contributed by atoms with E-state index in [-0.39, 0.29) is 62.6 Å². The van der Waals surface area contributed by atoms with Crippen LogP contribution in [0.5, 0.6) is 0 Å². The van der Waals surface area contributed by atoms with Gasteiger partial charge in [0, 0.05) is 12.6 Å². The van der Waals surface area contributed by atoms with Gasteiger partial charge in [-0.15, -0.1) is 0 Å². The molecule has 1 rings (SSSR count). The Morgan fingerprint density at radius 3 is 1.11 bits per heavy atom. The number of carbonyl (C=O) groups is 22. The van der Waals surface area contributed by atoms with Gasteiger partial charge in [0.2, 0.25) is 130 Å². The highest BCUT2D eigenvalue weighted by atomic mass is 16.3. The molecule has 131 heavy (non-hydrogen) atoms. The molecule has 17 atom stereocenters. The van der Waals surface area contributed by atoms with Crippen molar-refractivity contribution in [2.24, 2.45) is 58.3 Å². The number of rotatable bonds is 61. The van der Waals surface area contributed by atoms with Crippen molar-refractivity contribution < 1.29 is 111 Å². The standard InChI is InChI=1S/C81H141N27O23/c1-37(2)26-52(73(123)89-31-57(86)111)100-61(115)33-88-58(112)32-92-78(128)62(39(5)6)107-80(130)64(41(9)10)105-71(121)45(14)95-60(114)35-90-66(116)42(11)96-69(119)46(15)98-70(120)47(16)97-68(118)44(13)94-59(113)34-91-67(117)43(12)99-79(129)63(40(7)8)106-77(127)54(28-49-30-87-36-93-49)103-74(124)51(23-19-21-25-83)101-75(125)53(27-38(3)4)102-76(126)55(29-56(85)110)104-81(131)65(48(17)109)108-72(122)50(84)22-18-20-24-82/h30,36-48,50-55,62-65,109H,18-29,31-35,82-84H2,1-17H3,(H2,85,110)(H2,86,111)(H,87,93)(H,88,112)(H,89,123)(H,90,116)(H,91,117)(H,92,128)(H,94,113)(H,95,114)(H,96,119)(H,97,118)(H,98,120)(H,99,129)(H,100,115)(H,101,125)(H,102,126)(H,103,124)(H,104,131)(H,105,121)(H,106,127)(H,107,130)(H,108,122)/t42-,43-,44-,45-,46-,47-,48+,50-,51-,52-,53-,54-,55-,62-,63-,64-,65-/m0/s1. The fraction of sp³-hybridized carbons (Fsp3) is 0.691. The molecule has 32 N–H and O–H groups in total. The molecular formula is C81H141N27O23. The SMILES string of the molecule is CC(C)C[C@H](NC(=O)CNC(=O)CNC(=O)[C@@H](NC(=O)[C@@H](NC(=O)[C@H](C)NC(=O)CNC(=O)[C@H](C)NC(=O)[C@H](C)NC(=O)[C@H](C)NC(=O)[C@H](C)NC(=O)CNC(=O)[C@H](C)NC(=O)[C@@H](NC(=O)[C@H](Cc1c[nH]cn1)NC(=O)[C@H](CCCCN)NC(=O)[C@H](CC(C)C)NC(=O)[C@H](CC(N)=O)NC(=O)[C@@H](NC(=O)[C@@H](N)CCCCN)[C@@H](C)O)C(C)C)C(C)C)C(C)C)C(=O)NCC(N)=O. The van der Waals surface area contributed by atoms with Gasteiger partial charge >= 0.3 is 0 Å². The molecule has 50 nitrogen and oxygen atoms in total. The molecule has 22 amide bonds. The van der Waals surface area contributed by atoms with Crippen molar-refractivity contribution in [1.29, 1.82) is 0 Å². The minimum absolute atomic E-state index is 0.0509. The Morgan fingerprint density at radius 2 is 0.656 bits per heavy atom. The number of aliphatic hydroxyl groups excluding tert-OH is 1. The number of aromatic nitrogens is 2.